The van der Waals surface area contributed by atoms with Crippen LogP contribution in [0.25, 0.3) is 22.0 Å². The van der Waals surface area contributed by atoms with Crippen LogP contribution in [0.5, 0.6) is 5.75 Å². The first-order valence-electron chi connectivity index (χ1n) is 9.09. The van der Waals surface area contributed by atoms with Crippen LogP contribution < -0.4 is 0 Å². The molecule has 0 spiro atoms. The lowest BCUT2D eigenvalue weighted by Crippen LogP contribution is -2.13. The summed E-state index contributed by atoms with van der Waals surface area (Å²) < 4.78 is 7.02. The molecule has 0 aliphatic heterocycles. The van der Waals surface area contributed by atoms with Crippen LogP contribution in [0.2, 0.25) is 0 Å². The van der Waals surface area contributed by atoms with Crippen LogP contribution in [-0.2, 0) is 24.9 Å². The van der Waals surface area contributed by atoms with Gasteiger partial charge in [0.05, 0.1) is 30.0 Å². The maximum absolute atomic E-state index is 12.7. The number of carbonyl (C=O) groups excluding carboxylic acids is 1. The zero-order valence-corrected chi connectivity index (χ0v) is 19.0. The molecule has 0 atom stereocenters. The maximum Gasteiger partial charge on any atom is 0.340 e. The van der Waals surface area contributed by atoms with Crippen molar-refractivity contribution in [3.63, 3.8) is 0 Å². The van der Waals surface area contributed by atoms with Gasteiger partial charge in [0.25, 0.3) is 0 Å². The van der Waals surface area contributed by atoms with Gasteiger partial charge in [-0.25, -0.2) is 4.79 Å². The summed E-state index contributed by atoms with van der Waals surface area (Å²) in [5.41, 5.74) is 3.49. The monoisotopic (exact) mass is 455 g/mol. The van der Waals surface area contributed by atoms with Gasteiger partial charge >= 0.3 is 5.97 Å². The maximum atomic E-state index is 12.7. The van der Waals surface area contributed by atoms with Crippen LogP contribution >= 0.6 is 24.8 Å². The van der Waals surface area contributed by atoms with Crippen LogP contribution in [-0.4, -0.2) is 51.3 Å². The number of pyridine rings is 1. The molecule has 0 amide bonds. The Morgan fingerprint density at radius 1 is 1.30 bits per heavy atom. The number of hydrogen-bond acceptors (Lipinski definition) is 6. The van der Waals surface area contributed by atoms with Gasteiger partial charge in [-0.15, -0.1) is 24.8 Å². The van der Waals surface area contributed by atoms with E-state index in [2.05, 4.69) is 4.98 Å². The molecule has 1 aromatic carbocycles. The van der Waals surface area contributed by atoms with Crippen LogP contribution in [0.4, 0.5) is 0 Å². The number of aromatic hydroxyl groups is 1. The number of aliphatic hydroxyl groups excluding tert-OH is 1. The number of carbonyl (C=O) groups is 1. The third-order valence-corrected chi connectivity index (χ3v) is 4.76. The minimum atomic E-state index is -0.509. The third kappa shape index (κ3) is 4.54. The summed E-state index contributed by atoms with van der Waals surface area (Å²) in [4.78, 5) is 18.8. The molecule has 0 saturated heterocycles. The van der Waals surface area contributed by atoms with Gasteiger partial charge < -0.3 is 24.4 Å². The molecular weight excluding hydrogens is 429 g/mol. The topological polar surface area (TPSA) is 87.8 Å². The predicted octanol–water partition coefficient (Wildman–Crippen LogP) is 3.52. The fraction of sp³-hybridized carbons (Fsp3) is 0.333. The molecule has 0 unspecified atom stereocenters. The summed E-state index contributed by atoms with van der Waals surface area (Å²) in [5, 5.41) is 21.7. The van der Waals surface area contributed by atoms with Crippen molar-refractivity contribution in [2.45, 2.75) is 20.1 Å². The molecule has 0 aliphatic carbocycles. The highest BCUT2D eigenvalue weighted by Crippen LogP contribution is 2.41. The van der Waals surface area contributed by atoms with Crippen molar-refractivity contribution in [3.8, 4) is 16.9 Å². The number of nitrogens with zero attached hydrogens (tertiary/aromatic N) is 3. The number of phenols is 1. The molecule has 0 bridgehead atoms. The summed E-state index contributed by atoms with van der Waals surface area (Å²) in [7, 11) is 5.57. The Morgan fingerprint density at radius 3 is 2.53 bits per heavy atom. The fourth-order valence-electron chi connectivity index (χ4n) is 3.53. The first-order valence-corrected chi connectivity index (χ1v) is 9.09. The minimum Gasteiger partial charge on any atom is -0.507 e. The second-order valence-corrected chi connectivity index (χ2v) is 6.88. The quantitative estimate of drug-likeness (QED) is 0.552. The van der Waals surface area contributed by atoms with E-state index in [4.69, 9.17) is 4.74 Å². The molecule has 3 rings (SSSR count). The Morgan fingerprint density at radius 2 is 2.00 bits per heavy atom. The highest BCUT2D eigenvalue weighted by atomic mass is 35.5. The normalized spacial score (nSPS) is 10.6. The summed E-state index contributed by atoms with van der Waals surface area (Å²) in [6.07, 6.45) is 3.35. The molecule has 30 heavy (non-hydrogen) atoms. The Labute approximate surface area is 188 Å². The zero-order chi connectivity index (χ0) is 20.4. The van der Waals surface area contributed by atoms with Crippen molar-refractivity contribution in [1.82, 2.24) is 14.5 Å². The lowest BCUT2D eigenvalue weighted by atomic mass is 9.96. The number of ether oxygens (including phenoxy) is 1. The number of halogens is 2. The summed E-state index contributed by atoms with van der Waals surface area (Å²) >= 11 is 0. The second kappa shape index (κ2) is 10.6. The first kappa shape index (κ1) is 25.7. The number of hydrogen-bond donors (Lipinski definition) is 2. The van der Waals surface area contributed by atoms with E-state index in [1.54, 1.807) is 37.0 Å². The molecule has 164 valence electrons. The highest BCUT2D eigenvalue weighted by molar-refractivity contribution is 6.09. The van der Waals surface area contributed by atoms with Gasteiger partial charge in [0.15, 0.2) is 0 Å². The molecule has 2 heterocycles. The first-order chi connectivity index (χ1) is 13.4. The highest BCUT2D eigenvalue weighted by Gasteiger charge is 2.27. The lowest BCUT2D eigenvalue weighted by molar-refractivity contribution is 0.0524. The Bertz CT molecular complexity index is 1020. The van der Waals surface area contributed by atoms with Crippen LogP contribution in [0.1, 0.15) is 28.5 Å². The molecule has 3 aromatic rings. The van der Waals surface area contributed by atoms with Gasteiger partial charge in [-0.1, -0.05) is 6.07 Å². The number of fused-ring (bicyclic) bond motifs is 1. The van der Waals surface area contributed by atoms with Crippen molar-refractivity contribution < 1.29 is 19.7 Å². The molecule has 2 aromatic heterocycles. The number of aryl methyl sites for hydroxylation is 1. The van der Waals surface area contributed by atoms with E-state index in [-0.39, 0.29) is 43.8 Å². The SMILES string of the molecule is CCOC(=O)c1c(CO)n(C)c2cc(-c3cccnc3)c(O)c(CN(C)C)c12.Cl.Cl. The van der Waals surface area contributed by atoms with E-state index in [1.807, 2.05) is 31.1 Å². The number of aliphatic hydroxyl groups is 1. The van der Waals surface area contributed by atoms with Crippen LogP contribution in [0.3, 0.4) is 0 Å². The molecular formula is C21H27Cl2N3O4. The summed E-state index contributed by atoms with van der Waals surface area (Å²) in [6.45, 7) is 2.06. The lowest BCUT2D eigenvalue weighted by Gasteiger charge is -2.17. The smallest absolute Gasteiger partial charge is 0.340 e. The summed E-state index contributed by atoms with van der Waals surface area (Å²) in [5.74, 6) is -0.416. The van der Waals surface area contributed by atoms with Gasteiger partial charge in [0.2, 0.25) is 0 Å². The zero-order valence-electron chi connectivity index (χ0n) is 17.4. The van der Waals surface area contributed by atoms with Gasteiger partial charge in [-0.05, 0) is 33.2 Å². The van der Waals surface area contributed by atoms with Crippen molar-refractivity contribution in [2.75, 3.05) is 20.7 Å². The Kier molecular flexibility index (Phi) is 9.11. The van der Waals surface area contributed by atoms with Crippen molar-refractivity contribution >= 4 is 41.7 Å². The molecule has 9 heteroatoms. The van der Waals surface area contributed by atoms with Crippen LogP contribution in [0, 0.1) is 0 Å². The van der Waals surface area contributed by atoms with Gasteiger partial charge in [-0.3, -0.25) is 4.98 Å². The Hall–Kier alpha value is -2.32. The van der Waals surface area contributed by atoms with Crippen molar-refractivity contribution in [1.29, 1.82) is 0 Å². The fourth-order valence-corrected chi connectivity index (χ4v) is 3.53. The average Bonchev–Trinajstić information content (AvgIpc) is 2.96. The van der Waals surface area contributed by atoms with E-state index in [0.717, 1.165) is 11.1 Å². The van der Waals surface area contributed by atoms with Crippen molar-refractivity contribution in [3.05, 3.63) is 47.4 Å². The predicted molar refractivity (Wildman–Crippen MR) is 122 cm³/mol. The number of aromatic nitrogens is 2. The molecule has 7 nitrogen and oxygen atoms in total. The molecule has 2 N–H and O–H groups in total. The van der Waals surface area contributed by atoms with E-state index in [0.29, 0.717) is 34.3 Å². The molecule has 0 saturated carbocycles. The van der Waals surface area contributed by atoms with Gasteiger partial charge in [0, 0.05) is 48.1 Å². The standard InChI is InChI=1S/C21H25N3O4.2ClH/c1-5-28-21(27)19-17(12-25)24(4)16-9-14(13-7-6-8-22-10-13)20(26)15(18(16)19)11-23(2)3;;/h6-10,25-26H,5,11-12H2,1-4H3;2*1H. The summed E-state index contributed by atoms with van der Waals surface area (Å²) in [6, 6.07) is 5.50. The average molecular weight is 456 g/mol. The van der Waals surface area contributed by atoms with Crippen LogP contribution in [0.15, 0.2) is 30.6 Å². The minimum absolute atomic E-state index is 0. The van der Waals surface area contributed by atoms with Gasteiger partial charge in [-0.2, -0.15) is 0 Å². The number of phenolic OH excluding ortho intramolecular Hbond substituents is 1. The number of rotatable bonds is 6. The number of benzene rings is 1. The Balaban J connectivity index is 0.00000225. The third-order valence-electron chi connectivity index (χ3n) is 4.76. The second-order valence-electron chi connectivity index (χ2n) is 6.88. The van der Waals surface area contributed by atoms with E-state index in [1.165, 1.54) is 0 Å². The molecule has 0 radical (unpaired) electrons. The van der Waals surface area contributed by atoms with E-state index in [9.17, 15) is 15.0 Å². The number of esters is 1. The van der Waals surface area contributed by atoms with Gasteiger partial charge in [0.1, 0.15) is 5.75 Å². The van der Waals surface area contributed by atoms with E-state index >= 15 is 0 Å². The van der Waals surface area contributed by atoms with Crippen molar-refractivity contribution in [2.24, 2.45) is 7.05 Å². The largest absolute Gasteiger partial charge is 0.507 e. The molecule has 0 fully saturated rings. The van der Waals surface area contributed by atoms with E-state index < -0.39 is 5.97 Å². The molecule has 0 aliphatic rings.